The van der Waals surface area contributed by atoms with Crippen LogP contribution < -0.4 is 4.90 Å². The molecular formula is C18H16F3NOS. The molecule has 2 nitrogen and oxygen atoms in total. The predicted molar refractivity (Wildman–Crippen MR) is 89.3 cm³/mol. The van der Waals surface area contributed by atoms with Gasteiger partial charge in [-0.25, -0.2) is 0 Å². The van der Waals surface area contributed by atoms with E-state index >= 15 is 0 Å². The van der Waals surface area contributed by atoms with Gasteiger partial charge in [0.1, 0.15) is 0 Å². The third-order valence-corrected chi connectivity index (χ3v) is 4.91. The van der Waals surface area contributed by atoms with Gasteiger partial charge in [-0.15, -0.1) is 11.8 Å². The average Bonchev–Trinajstić information content (AvgIpc) is 2.58. The van der Waals surface area contributed by atoms with Crippen LogP contribution in [0.25, 0.3) is 0 Å². The minimum Gasteiger partial charge on any atom is -0.311 e. The van der Waals surface area contributed by atoms with E-state index in [2.05, 4.69) is 0 Å². The van der Waals surface area contributed by atoms with Gasteiger partial charge in [-0.05, 0) is 42.7 Å². The number of para-hydroxylation sites is 1. The molecule has 1 aliphatic heterocycles. The Morgan fingerprint density at radius 3 is 2.71 bits per heavy atom. The number of benzene rings is 2. The fourth-order valence-electron chi connectivity index (χ4n) is 2.78. The Morgan fingerprint density at radius 1 is 1.12 bits per heavy atom. The Balaban J connectivity index is 1.69. The van der Waals surface area contributed by atoms with Crippen LogP contribution >= 0.6 is 11.8 Å². The highest BCUT2D eigenvalue weighted by molar-refractivity contribution is 8.00. The van der Waals surface area contributed by atoms with Crippen molar-refractivity contribution in [2.45, 2.75) is 23.9 Å². The molecule has 0 atom stereocenters. The highest BCUT2D eigenvalue weighted by atomic mass is 32.2. The molecule has 0 fully saturated rings. The summed E-state index contributed by atoms with van der Waals surface area (Å²) in [6.45, 7) is 0.652. The summed E-state index contributed by atoms with van der Waals surface area (Å²) in [5.74, 6) is 0.0416. The Hall–Kier alpha value is -1.95. The molecule has 1 aliphatic rings. The van der Waals surface area contributed by atoms with Crippen molar-refractivity contribution in [3.8, 4) is 0 Å². The number of hydrogen-bond acceptors (Lipinski definition) is 2. The van der Waals surface area contributed by atoms with Crippen molar-refractivity contribution in [1.82, 2.24) is 0 Å². The normalized spacial score (nSPS) is 14.4. The largest absolute Gasteiger partial charge is 0.416 e. The maximum absolute atomic E-state index is 12.7. The first-order chi connectivity index (χ1) is 11.4. The second-order valence-corrected chi connectivity index (χ2v) is 6.64. The second-order valence-electron chi connectivity index (χ2n) is 5.59. The van der Waals surface area contributed by atoms with Crippen LogP contribution in [0.15, 0.2) is 53.4 Å². The van der Waals surface area contributed by atoms with Gasteiger partial charge < -0.3 is 4.90 Å². The molecule has 0 aliphatic carbocycles. The first-order valence-corrected chi connectivity index (χ1v) is 8.62. The van der Waals surface area contributed by atoms with E-state index in [4.69, 9.17) is 0 Å². The zero-order valence-corrected chi connectivity index (χ0v) is 13.7. The lowest BCUT2D eigenvalue weighted by Crippen LogP contribution is -2.36. The highest BCUT2D eigenvalue weighted by Crippen LogP contribution is 2.32. The third kappa shape index (κ3) is 3.75. The van der Waals surface area contributed by atoms with Gasteiger partial charge in [0.2, 0.25) is 5.91 Å². The summed E-state index contributed by atoms with van der Waals surface area (Å²) in [7, 11) is 0. The van der Waals surface area contributed by atoms with E-state index in [0.717, 1.165) is 48.0 Å². The van der Waals surface area contributed by atoms with Crippen molar-refractivity contribution in [3.63, 3.8) is 0 Å². The smallest absolute Gasteiger partial charge is 0.311 e. The van der Waals surface area contributed by atoms with E-state index in [1.54, 1.807) is 11.0 Å². The van der Waals surface area contributed by atoms with Gasteiger partial charge in [-0.2, -0.15) is 13.2 Å². The van der Waals surface area contributed by atoms with Gasteiger partial charge in [0.25, 0.3) is 0 Å². The minimum atomic E-state index is -4.37. The number of amides is 1. The number of aryl methyl sites for hydroxylation is 1. The number of thioether (sulfide) groups is 1. The standard InChI is InChI=1S/C18H16F3NOS/c19-18(20,21)14-7-3-8-15(11-14)24-12-17(23)22-10-4-6-13-5-1-2-9-16(13)22/h1-3,5,7-9,11H,4,6,10,12H2. The van der Waals surface area contributed by atoms with Gasteiger partial charge in [0.15, 0.2) is 0 Å². The molecule has 0 N–H and O–H groups in total. The maximum Gasteiger partial charge on any atom is 0.416 e. The summed E-state index contributed by atoms with van der Waals surface area (Å²) < 4.78 is 38.2. The molecule has 3 rings (SSSR count). The van der Waals surface area contributed by atoms with E-state index in [1.807, 2.05) is 24.3 Å². The molecule has 126 valence electrons. The molecule has 2 aromatic rings. The van der Waals surface area contributed by atoms with Gasteiger partial charge >= 0.3 is 6.18 Å². The lowest BCUT2D eigenvalue weighted by molar-refractivity contribution is -0.137. The monoisotopic (exact) mass is 351 g/mol. The van der Waals surface area contributed by atoms with Gasteiger partial charge in [0, 0.05) is 17.1 Å². The summed E-state index contributed by atoms with van der Waals surface area (Å²) in [5.41, 5.74) is 1.36. The topological polar surface area (TPSA) is 20.3 Å². The van der Waals surface area contributed by atoms with Gasteiger partial charge in [0.05, 0.1) is 11.3 Å². The summed E-state index contributed by atoms with van der Waals surface area (Å²) in [5, 5.41) is 0. The van der Waals surface area contributed by atoms with Crippen LogP contribution in [0, 0.1) is 0 Å². The predicted octanol–water partition coefficient (Wildman–Crippen LogP) is 4.78. The Kier molecular flexibility index (Phi) is 4.85. The van der Waals surface area contributed by atoms with Crippen LogP contribution in [-0.2, 0) is 17.4 Å². The number of carbonyl (C=O) groups excluding carboxylic acids is 1. The number of nitrogens with zero attached hydrogens (tertiary/aromatic N) is 1. The molecule has 0 bridgehead atoms. The molecule has 0 saturated carbocycles. The number of carbonyl (C=O) groups is 1. The number of anilines is 1. The van der Waals surface area contributed by atoms with Crippen molar-refractivity contribution < 1.29 is 18.0 Å². The average molecular weight is 351 g/mol. The number of alkyl halides is 3. The molecule has 6 heteroatoms. The lowest BCUT2D eigenvalue weighted by atomic mass is 10.0. The van der Waals surface area contributed by atoms with Gasteiger partial charge in [-0.3, -0.25) is 4.79 Å². The van der Waals surface area contributed by atoms with Crippen LogP contribution in [0.4, 0.5) is 18.9 Å². The molecule has 24 heavy (non-hydrogen) atoms. The second kappa shape index (κ2) is 6.89. The summed E-state index contributed by atoms with van der Waals surface area (Å²) in [6.07, 6.45) is -2.52. The zero-order chi connectivity index (χ0) is 17.2. The lowest BCUT2D eigenvalue weighted by Gasteiger charge is -2.29. The van der Waals surface area contributed by atoms with E-state index < -0.39 is 11.7 Å². The number of halogens is 3. The van der Waals surface area contributed by atoms with E-state index in [0.29, 0.717) is 11.4 Å². The summed E-state index contributed by atoms with van der Waals surface area (Å²) in [4.78, 5) is 14.7. The van der Waals surface area contributed by atoms with Crippen LogP contribution in [0.1, 0.15) is 17.5 Å². The molecule has 0 spiro atoms. The van der Waals surface area contributed by atoms with E-state index in [9.17, 15) is 18.0 Å². The molecule has 2 aromatic carbocycles. The Labute approximate surface area is 142 Å². The Bertz CT molecular complexity index is 745. The number of hydrogen-bond donors (Lipinski definition) is 0. The van der Waals surface area contributed by atoms with E-state index in [1.165, 1.54) is 6.07 Å². The van der Waals surface area contributed by atoms with Crippen molar-refractivity contribution in [2.75, 3.05) is 17.2 Å². The van der Waals surface area contributed by atoms with Crippen molar-refractivity contribution in [1.29, 1.82) is 0 Å². The zero-order valence-electron chi connectivity index (χ0n) is 12.8. The molecule has 0 saturated heterocycles. The fourth-order valence-corrected chi connectivity index (χ4v) is 3.61. The van der Waals surface area contributed by atoms with Crippen molar-refractivity contribution in [2.24, 2.45) is 0 Å². The van der Waals surface area contributed by atoms with Crippen molar-refractivity contribution >= 4 is 23.4 Å². The minimum absolute atomic E-state index is 0.0791. The van der Waals surface area contributed by atoms with Crippen LogP contribution in [0.5, 0.6) is 0 Å². The molecule has 1 amide bonds. The number of rotatable bonds is 3. The summed E-state index contributed by atoms with van der Waals surface area (Å²) >= 11 is 1.14. The van der Waals surface area contributed by atoms with Crippen molar-refractivity contribution in [3.05, 3.63) is 59.7 Å². The van der Waals surface area contributed by atoms with Gasteiger partial charge in [-0.1, -0.05) is 24.3 Å². The maximum atomic E-state index is 12.7. The third-order valence-electron chi connectivity index (χ3n) is 3.93. The van der Waals surface area contributed by atoms with Crippen LogP contribution in [0.3, 0.4) is 0 Å². The molecule has 0 aromatic heterocycles. The SMILES string of the molecule is O=C(CSc1cccc(C(F)(F)F)c1)N1CCCc2ccccc21. The summed E-state index contributed by atoms with van der Waals surface area (Å²) in [6, 6.07) is 12.8. The molecule has 0 radical (unpaired) electrons. The fraction of sp³-hybridized carbons (Fsp3) is 0.278. The molecule has 1 heterocycles. The molecule has 0 unspecified atom stereocenters. The van der Waals surface area contributed by atoms with Crippen LogP contribution in [0.2, 0.25) is 0 Å². The van der Waals surface area contributed by atoms with Crippen LogP contribution in [-0.4, -0.2) is 18.2 Å². The first-order valence-electron chi connectivity index (χ1n) is 7.63. The van der Waals surface area contributed by atoms with E-state index in [-0.39, 0.29) is 11.7 Å². The Morgan fingerprint density at radius 2 is 1.92 bits per heavy atom. The quantitative estimate of drug-likeness (QED) is 0.742. The first kappa shape index (κ1) is 16.9. The number of fused-ring (bicyclic) bond motifs is 1. The highest BCUT2D eigenvalue weighted by Gasteiger charge is 2.30. The molecular weight excluding hydrogens is 335 g/mol.